The maximum atomic E-state index is 5.85. The molecule has 2 aliphatic rings. The molecule has 1 aromatic carbocycles. The van der Waals surface area contributed by atoms with E-state index >= 15 is 0 Å². The zero-order chi connectivity index (χ0) is 14.0. The molecule has 1 aliphatic carbocycles. The van der Waals surface area contributed by atoms with Crippen LogP contribution in [-0.2, 0) is 15.3 Å². The molecule has 1 saturated heterocycles. The number of benzene rings is 1. The second-order valence-electron chi connectivity index (χ2n) is 5.95. The molecule has 3 nitrogen and oxygen atoms in total. The number of methoxy groups -OCH3 is 2. The van der Waals surface area contributed by atoms with Crippen molar-refractivity contribution < 1.29 is 9.47 Å². The molecule has 20 heavy (non-hydrogen) atoms. The van der Waals surface area contributed by atoms with Gasteiger partial charge in [0.25, 0.3) is 0 Å². The zero-order valence-electron chi connectivity index (χ0n) is 12.5. The molecular weight excluding hydrogens is 250 g/mol. The minimum absolute atomic E-state index is 0.350. The van der Waals surface area contributed by atoms with Gasteiger partial charge in [0.15, 0.2) is 0 Å². The largest absolute Gasteiger partial charge is 0.348 e. The van der Waals surface area contributed by atoms with Crippen molar-refractivity contribution >= 4 is 0 Å². The second-order valence-corrected chi connectivity index (χ2v) is 5.95. The summed E-state index contributed by atoms with van der Waals surface area (Å²) in [5.74, 6) is -0.612. The maximum Gasteiger partial charge on any atom is 0.211 e. The summed E-state index contributed by atoms with van der Waals surface area (Å²) in [5, 5.41) is 0. The van der Waals surface area contributed by atoms with Gasteiger partial charge in [-0.2, -0.15) is 0 Å². The van der Waals surface area contributed by atoms with Crippen LogP contribution in [-0.4, -0.2) is 37.7 Å². The first kappa shape index (κ1) is 14.1. The van der Waals surface area contributed by atoms with Gasteiger partial charge in [-0.25, -0.2) is 0 Å². The Morgan fingerprint density at radius 3 is 2.25 bits per heavy atom. The molecule has 0 bridgehead atoms. The van der Waals surface area contributed by atoms with Crippen molar-refractivity contribution in [1.29, 1.82) is 0 Å². The maximum absolute atomic E-state index is 5.85. The van der Waals surface area contributed by atoms with E-state index in [1.54, 1.807) is 14.2 Å². The van der Waals surface area contributed by atoms with E-state index in [1.807, 2.05) is 6.07 Å². The monoisotopic (exact) mass is 275 g/mol. The average molecular weight is 275 g/mol. The van der Waals surface area contributed by atoms with E-state index in [2.05, 4.69) is 29.2 Å². The third-order valence-electron chi connectivity index (χ3n) is 4.92. The van der Waals surface area contributed by atoms with E-state index in [4.69, 9.17) is 9.47 Å². The first-order valence-corrected chi connectivity index (χ1v) is 7.73. The SMILES string of the molecule is COC(OC)(c1ccccc1)C1CN1C1CCCCC1. The first-order chi connectivity index (χ1) is 9.81. The standard InChI is InChI=1S/C17H25NO2/c1-19-17(20-2,14-9-5-3-6-10-14)16-13-18(16)15-11-7-4-8-12-15/h3,5-6,9-10,15-16H,4,7-8,11-13H2,1-2H3. The van der Waals surface area contributed by atoms with Crippen molar-refractivity contribution in [3.8, 4) is 0 Å². The fraction of sp³-hybridized carbons (Fsp3) is 0.647. The van der Waals surface area contributed by atoms with E-state index in [1.165, 1.54) is 32.1 Å². The van der Waals surface area contributed by atoms with Crippen LogP contribution in [0.15, 0.2) is 30.3 Å². The van der Waals surface area contributed by atoms with Gasteiger partial charge >= 0.3 is 0 Å². The smallest absolute Gasteiger partial charge is 0.211 e. The van der Waals surface area contributed by atoms with E-state index in [9.17, 15) is 0 Å². The van der Waals surface area contributed by atoms with Crippen LogP contribution in [0.4, 0.5) is 0 Å². The van der Waals surface area contributed by atoms with Crippen LogP contribution in [0, 0.1) is 0 Å². The fourth-order valence-corrected chi connectivity index (χ4v) is 3.76. The van der Waals surface area contributed by atoms with Gasteiger partial charge in [-0.3, -0.25) is 4.90 Å². The Hall–Kier alpha value is -0.900. The van der Waals surface area contributed by atoms with Gasteiger partial charge in [0.05, 0.1) is 6.04 Å². The quantitative estimate of drug-likeness (QED) is 0.608. The summed E-state index contributed by atoms with van der Waals surface area (Å²) in [6.45, 7) is 1.08. The van der Waals surface area contributed by atoms with Gasteiger partial charge in [0.2, 0.25) is 5.79 Å². The predicted octanol–water partition coefficient (Wildman–Crippen LogP) is 3.15. The number of rotatable bonds is 5. The highest BCUT2D eigenvalue weighted by molar-refractivity contribution is 5.25. The molecule has 2 fully saturated rings. The molecule has 3 rings (SSSR count). The predicted molar refractivity (Wildman–Crippen MR) is 79.5 cm³/mol. The van der Waals surface area contributed by atoms with E-state index in [-0.39, 0.29) is 0 Å². The highest BCUT2D eigenvalue weighted by Crippen LogP contribution is 2.43. The van der Waals surface area contributed by atoms with Crippen LogP contribution in [0.1, 0.15) is 37.7 Å². The number of ether oxygens (including phenoxy) is 2. The van der Waals surface area contributed by atoms with Gasteiger partial charge in [-0.1, -0.05) is 49.6 Å². The normalized spacial score (nSPS) is 27.5. The summed E-state index contributed by atoms with van der Waals surface area (Å²) >= 11 is 0. The Bertz CT molecular complexity index is 424. The van der Waals surface area contributed by atoms with Crippen molar-refractivity contribution in [3.05, 3.63) is 35.9 Å². The second kappa shape index (κ2) is 5.84. The molecule has 0 radical (unpaired) electrons. The number of hydrogen-bond donors (Lipinski definition) is 0. The molecule has 0 aromatic heterocycles. The molecule has 0 spiro atoms. The van der Waals surface area contributed by atoms with Crippen LogP contribution in [0.2, 0.25) is 0 Å². The Balaban J connectivity index is 1.79. The molecule has 1 saturated carbocycles. The zero-order valence-corrected chi connectivity index (χ0v) is 12.5. The van der Waals surface area contributed by atoms with Gasteiger partial charge in [-0.05, 0) is 12.8 Å². The third-order valence-corrected chi connectivity index (χ3v) is 4.92. The van der Waals surface area contributed by atoms with Crippen molar-refractivity contribution in [1.82, 2.24) is 4.90 Å². The van der Waals surface area contributed by atoms with Crippen molar-refractivity contribution in [2.45, 2.75) is 50.0 Å². The Kier molecular flexibility index (Phi) is 4.11. The van der Waals surface area contributed by atoms with Crippen LogP contribution >= 0.6 is 0 Å². The highest BCUT2D eigenvalue weighted by atomic mass is 16.7. The molecule has 0 N–H and O–H groups in total. The molecule has 3 heteroatoms. The van der Waals surface area contributed by atoms with Crippen molar-refractivity contribution in [3.63, 3.8) is 0 Å². The van der Waals surface area contributed by atoms with Gasteiger partial charge < -0.3 is 9.47 Å². The van der Waals surface area contributed by atoms with Gasteiger partial charge in [-0.15, -0.1) is 0 Å². The average Bonchev–Trinajstić information content (AvgIpc) is 3.32. The lowest BCUT2D eigenvalue weighted by Gasteiger charge is -2.33. The summed E-state index contributed by atoms with van der Waals surface area (Å²) in [7, 11) is 3.52. The molecule has 2 unspecified atom stereocenters. The summed E-state index contributed by atoms with van der Waals surface area (Å²) in [6, 6.07) is 11.4. The number of nitrogens with zero attached hydrogens (tertiary/aromatic N) is 1. The van der Waals surface area contributed by atoms with Crippen LogP contribution in [0.5, 0.6) is 0 Å². The molecule has 2 atom stereocenters. The van der Waals surface area contributed by atoms with E-state index < -0.39 is 5.79 Å². The van der Waals surface area contributed by atoms with Crippen LogP contribution in [0.25, 0.3) is 0 Å². The fourth-order valence-electron chi connectivity index (χ4n) is 3.76. The van der Waals surface area contributed by atoms with Gasteiger partial charge in [0.1, 0.15) is 0 Å². The topological polar surface area (TPSA) is 21.5 Å². The Morgan fingerprint density at radius 2 is 1.65 bits per heavy atom. The van der Waals surface area contributed by atoms with Crippen LogP contribution in [0.3, 0.4) is 0 Å². The lowest BCUT2D eigenvalue weighted by atomic mass is 9.95. The molecule has 0 amide bonds. The summed E-state index contributed by atoms with van der Waals surface area (Å²) in [4.78, 5) is 2.57. The van der Waals surface area contributed by atoms with Crippen molar-refractivity contribution in [2.75, 3.05) is 20.8 Å². The Morgan fingerprint density at radius 1 is 1.00 bits per heavy atom. The van der Waals surface area contributed by atoms with Crippen molar-refractivity contribution in [2.24, 2.45) is 0 Å². The lowest BCUT2D eigenvalue weighted by molar-refractivity contribution is -0.222. The lowest BCUT2D eigenvalue weighted by Crippen LogP contribution is -2.40. The summed E-state index contributed by atoms with van der Waals surface area (Å²) in [6.07, 6.45) is 6.79. The molecule has 110 valence electrons. The van der Waals surface area contributed by atoms with Gasteiger partial charge in [0, 0.05) is 32.4 Å². The molecule has 1 heterocycles. The molecular formula is C17H25NO2. The summed E-state index contributed by atoms with van der Waals surface area (Å²) < 4.78 is 11.7. The highest BCUT2D eigenvalue weighted by Gasteiger charge is 2.55. The van der Waals surface area contributed by atoms with Crippen LogP contribution < -0.4 is 0 Å². The molecule has 1 aliphatic heterocycles. The summed E-state index contributed by atoms with van der Waals surface area (Å²) in [5.41, 5.74) is 1.12. The Labute approximate surface area is 121 Å². The minimum atomic E-state index is -0.612. The molecule has 1 aromatic rings. The number of hydrogen-bond acceptors (Lipinski definition) is 3. The van der Waals surface area contributed by atoms with E-state index in [0.717, 1.165) is 18.2 Å². The first-order valence-electron chi connectivity index (χ1n) is 7.73. The van der Waals surface area contributed by atoms with E-state index in [0.29, 0.717) is 6.04 Å². The third kappa shape index (κ3) is 2.39. The minimum Gasteiger partial charge on any atom is -0.348 e.